The van der Waals surface area contributed by atoms with Gasteiger partial charge in [0.1, 0.15) is 23.4 Å². The van der Waals surface area contributed by atoms with Crippen LogP contribution in [0.2, 0.25) is 5.02 Å². The van der Waals surface area contributed by atoms with Crippen molar-refractivity contribution in [2.24, 2.45) is 5.41 Å². The second-order valence-corrected chi connectivity index (χ2v) is 8.17. The molecule has 1 aliphatic carbocycles. The summed E-state index contributed by atoms with van der Waals surface area (Å²) in [7, 11) is 0. The number of imidazole rings is 1. The van der Waals surface area contributed by atoms with Crippen LogP contribution in [0.25, 0.3) is 22.6 Å². The van der Waals surface area contributed by atoms with Crippen molar-refractivity contribution >= 4 is 17.6 Å². The predicted octanol–water partition coefficient (Wildman–Crippen LogP) is 5.15. The van der Waals surface area contributed by atoms with E-state index in [0.717, 1.165) is 12.0 Å². The molecule has 3 heterocycles. The van der Waals surface area contributed by atoms with E-state index in [2.05, 4.69) is 19.9 Å². The largest absolute Gasteiger partial charge is 0.481 e. The van der Waals surface area contributed by atoms with Gasteiger partial charge in [-0.1, -0.05) is 18.0 Å². The maximum Gasteiger partial charge on any atom is 0.432 e. The third-order valence-corrected chi connectivity index (χ3v) is 5.89. The highest BCUT2D eigenvalue weighted by Gasteiger charge is 2.45. The van der Waals surface area contributed by atoms with Crippen LogP contribution in [0, 0.1) is 12.3 Å². The minimum Gasteiger partial charge on any atom is -0.481 e. The number of pyridine rings is 2. The van der Waals surface area contributed by atoms with Crippen molar-refractivity contribution in [3.05, 3.63) is 47.0 Å². The lowest BCUT2D eigenvalue weighted by atomic mass is 9.69. The van der Waals surface area contributed by atoms with Gasteiger partial charge in [-0.3, -0.25) is 9.78 Å². The number of halogens is 4. The number of hydrogen-bond donors (Lipinski definition) is 2. The van der Waals surface area contributed by atoms with Gasteiger partial charge in [0.2, 0.25) is 5.88 Å². The van der Waals surface area contributed by atoms with Crippen LogP contribution in [0.1, 0.15) is 30.5 Å². The van der Waals surface area contributed by atoms with Crippen molar-refractivity contribution in [3.63, 3.8) is 0 Å². The highest BCUT2D eigenvalue weighted by Crippen LogP contribution is 2.41. The van der Waals surface area contributed by atoms with Gasteiger partial charge in [-0.25, -0.2) is 9.97 Å². The Balaban J connectivity index is 1.53. The lowest BCUT2D eigenvalue weighted by Crippen LogP contribution is -2.43. The van der Waals surface area contributed by atoms with Crippen molar-refractivity contribution in [3.8, 4) is 28.5 Å². The third kappa shape index (κ3) is 4.14. The molecular formula is C21H18ClF3N4O3. The molecule has 3 aromatic heterocycles. The van der Waals surface area contributed by atoms with E-state index in [4.69, 9.17) is 16.3 Å². The zero-order valence-corrected chi connectivity index (χ0v) is 17.6. The second kappa shape index (κ2) is 8.09. The molecule has 0 bridgehead atoms. The molecule has 0 saturated heterocycles. The summed E-state index contributed by atoms with van der Waals surface area (Å²) in [5.74, 6) is -0.641. The Bertz CT molecular complexity index is 1180. The van der Waals surface area contributed by atoms with Crippen LogP contribution in [0.5, 0.6) is 5.88 Å². The monoisotopic (exact) mass is 466 g/mol. The van der Waals surface area contributed by atoms with Crippen molar-refractivity contribution in [1.29, 1.82) is 0 Å². The summed E-state index contributed by atoms with van der Waals surface area (Å²) in [6.45, 7) is 1.88. The first-order valence-electron chi connectivity index (χ1n) is 9.70. The van der Waals surface area contributed by atoms with Gasteiger partial charge in [-0.05, 0) is 31.4 Å². The maximum atomic E-state index is 12.8. The van der Waals surface area contributed by atoms with Crippen molar-refractivity contribution in [2.75, 3.05) is 6.61 Å². The standard InChI is InChI=1S/C21H18ClF3N4O3/c1-11-5-16(32-10-20(19(30)31)3-2-4-20)26-8-13(11)12-6-14(22)17(27-7-12)18-28-9-15(29-18)21(23,24)25/h5-9H,2-4,10H2,1H3,(H,28,29)(H,30,31). The molecule has 0 aliphatic heterocycles. The van der Waals surface area contributed by atoms with E-state index in [9.17, 15) is 23.1 Å². The fourth-order valence-electron chi connectivity index (χ4n) is 3.49. The summed E-state index contributed by atoms with van der Waals surface area (Å²) in [5, 5.41) is 9.52. The fraction of sp³-hybridized carbons (Fsp3) is 0.333. The number of carboxylic acid groups (broad SMARTS) is 1. The summed E-state index contributed by atoms with van der Waals surface area (Å²) in [6.07, 6.45) is 1.18. The Kier molecular flexibility index (Phi) is 5.58. The number of aliphatic carboxylic acids is 1. The number of carbonyl (C=O) groups is 1. The van der Waals surface area contributed by atoms with E-state index in [1.54, 1.807) is 18.3 Å². The summed E-state index contributed by atoms with van der Waals surface area (Å²) >= 11 is 6.27. The molecule has 0 spiro atoms. The van der Waals surface area contributed by atoms with Crippen LogP contribution in [-0.2, 0) is 11.0 Å². The van der Waals surface area contributed by atoms with Gasteiger partial charge in [-0.15, -0.1) is 0 Å². The average Bonchev–Trinajstić information content (AvgIpc) is 3.17. The number of nitrogens with zero attached hydrogens (tertiary/aromatic N) is 3. The molecule has 0 unspecified atom stereocenters. The van der Waals surface area contributed by atoms with Crippen LogP contribution >= 0.6 is 11.6 Å². The molecule has 0 amide bonds. The Labute approximate surface area is 185 Å². The molecule has 168 valence electrons. The number of nitrogens with one attached hydrogen (secondary N) is 1. The van der Waals surface area contributed by atoms with Crippen molar-refractivity contribution < 1.29 is 27.8 Å². The van der Waals surface area contributed by atoms with Gasteiger partial charge >= 0.3 is 12.1 Å². The molecule has 4 rings (SSSR count). The van der Waals surface area contributed by atoms with Crippen LogP contribution in [0.15, 0.2) is 30.7 Å². The van der Waals surface area contributed by atoms with E-state index in [0.29, 0.717) is 36.0 Å². The van der Waals surface area contributed by atoms with Crippen LogP contribution in [-0.4, -0.2) is 37.6 Å². The van der Waals surface area contributed by atoms with Gasteiger partial charge in [0.05, 0.1) is 11.2 Å². The summed E-state index contributed by atoms with van der Waals surface area (Å²) < 4.78 is 44.0. The first-order valence-corrected chi connectivity index (χ1v) is 10.1. The molecule has 2 N–H and O–H groups in total. The first kappa shape index (κ1) is 22.1. The van der Waals surface area contributed by atoms with Crippen LogP contribution < -0.4 is 4.74 Å². The van der Waals surface area contributed by atoms with E-state index >= 15 is 0 Å². The second-order valence-electron chi connectivity index (χ2n) is 7.76. The minimum absolute atomic E-state index is 0.0548. The lowest BCUT2D eigenvalue weighted by Gasteiger charge is -2.36. The van der Waals surface area contributed by atoms with E-state index in [-0.39, 0.29) is 23.1 Å². The number of aromatic nitrogens is 4. The zero-order chi connectivity index (χ0) is 23.1. The SMILES string of the molecule is Cc1cc(OCC2(C(=O)O)CCC2)ncc1-c1cnc(-c2ncc(C(F)(F)F)[nH]2)c(Cl)c1. The first-order chi connectivity index (χ1) is 15.1. The molecular weight excluding hydrogens is 449 g/mol. The highest BCUT2D eigenvalue weighted by atomic mass is 35.5. The summed E-state index contributed by atoms with van der Waals surface area (Å²) in [6, 6.07) is 3.26. The fourth-order valence-corrected chi connectivity index (χ4v) is 3.75. The van der Waals surface area contributed by atoms with Gasteiger partial charge in [-0.2, -0.15) is 13.2 Å². The van der Waals surface area contributed by atoms with Crippen LogP contribution in [0.3, 0.4) is 0 Å². The smallest absolute Gasteiger partial charge is 0.432 e. The van der Waals surface area contributed by atoms with E-state index in [1.165, 1.54) is 6.20 Å². The Hall–Kier alpha value is -3.14. The molecule has 1 fully saturated rings. The van der Waals surface area contributed by atoms with Crippen LogP contribution in [0.4, 0.5) is 13.2 Å². The van der Waals surface area contributed by atoms with Gasteiger partial charge < -0.3 is 14.8 Å². The number of ether oxygens (including phenoxy) is 1. The Morgan fingerprint density at radius 1 is 1.22 bits per heavy atom. The molecule has 7 nitrogen and oxygen atoms in total. The normalized spacial score (nSPS) is 15.3. The topological polar surface area (TPSA) is 101 Å². The maximum absolute atomic E-state index is 12.8. The van der Waals surface area contributed by atoms with E-state index < -0.39 is 23.3 Å². The summed E-state index contributed by atoms with van der Waals surface area (Å²) in [4.78, 5) is 25.8. The highest BCUT2D eigenvalue weighted by molar-refractivity contribution is 6.33. The number of rotatable bonds is 6. The lowest BCUT2D eigenvalue weighted by molar-refractivity contribution is -0.157. The van der Waals surface area contributed by atoms with Gasteiger partial charge in [0.25, 0.3) is 0 Å². The molecule has 0 radical (unpaired) electrons. The molecule has 1 aliphatic rings. The number of aromatic amines is 1. The molecule has 32 heavy (non-hydrogen) atoms. The number of hydrogen-bond acceptors (Lipinski definition) is 5. The summed E-state index contributed by atoms with van der Waals surface area (Å²) in [5.41, 5.74) is 0.354. The number of carboxylic acids is 1. The molecule has 3 aromatic rings. The minimum atomic E-state index is -4.55. The van der Waals surface area contributed by atoms with Gasteiger partial charge in [0, 0.05) is 29.6 Å². The number of aryl methyl sites for hydroxylation is 1. The average molecular weight is 467 g/mol. The Morgan fingerprint density at radius 3 is 2.50 bits per heavy atom. The van der Waals surface area contributed by atoms with Crippen molar-refractivity contribution in [1.82, 2.24) is 19.9 Å². The molecule has 0 atom stereocenters. The quantitative estimate of drug-likeness (QED) is 0.521. The number of alkyl halides is 3. The molecule has 0 aromatic carbocycles. The van der Waals surface area contributed by atoms with E-state index in [1.807, 2.05) is 6.92 Å². The Morgan fingerprint density at radius 2 is 1.97 bits per heavy atom. The number of H-pyrrole nitrogens is 1. The van der Waals surface area contributed by atoms with Gasteiger partial charge in [0.15, 0.2) is 5.82 Å². The predicted molar refractivity (Wildman–Crippen MR) is 109 cm³/mol. The molecule has 11 heteroatoms. The zero-order valence-electron chi connectivity index (χ0n) is 16.8. The third-order valence-electron chi connectivity index (χ3n) is 5.60. The molecule has 1 saturated carbocycles. The van der Waals surface area contributed by atoms with Crippen molar-refractivity contribution in [2.45, 2.75) is 32.4 Å².